The normalized spacial score (nSPS) is 9.12. The Kier molecular flexibility index (Phi) is 1.39. The molecular formula is C5H6N2S. The second-order valence-corrected chi connectivity index (χ2v) is 1.96. The maximum atomic E-state index is 4.80. The van der Waals surface area contributed by atoms with E-state index in [0.717, 1.165) is 10.5 Å². The Morgan fingerprint density at radius 3 is 2.88 bits per heavy atom. The number of hydrogen-bond donors (Lipinski definition) is 1. The standard InChI is InChI=1S/C5H6N2S/c1-4-6-3-2-5(8)7-4/h2-3H,1H3,(H,6,7,8). The molecule has 2 nitrogen and oxygen atoms in total. The minimum Gasteiger partial charge on any atom is -0.335 e. The summed E-state index contributed by atoms with van der Waals surface area (Å²) in [6.45, 7) is 1.87. The lowest BCUT2D eigenvalue weighted by Crippen LogP contribution is -1.82. The molecule has 3 heteroatoms. The zero-order valence-electron chi connectivity index (χ0n) is 4.51. The fourth-order valence-corrected chi connectivity index (χ4v) is 0.678. The Hall–Kier alpha value is -0.700. The minimum absolute atomic E-state index is 0.734. The molecule has 0 aromatic carbocycles. The number of nitrogens with one attached hydrogen (secondary N) is 1. The zero-order valence-corrected chi connectivity index (χ0v) is 5.33. The van der Waals surface area contributed by atoms with Crippen molar-refractivity contribution in [1.82, 2.24) is 9.97 Å². The number of H-pyrrole nitrogens is 1. The fraction of sp³-hybridized carbons (Fsp3) is 0.200. The second-order valence-electron chi connectivity index (χ2n) is 1.52. The molecule has 1 aromatic heterocycles. The molecule has 1 aromatic rings. The van der Waals surface area contributed by atoms with Gasteiger partial charge in [-0.25, -0.2) is 4.98 Å². The quantitative estimate of drug-likeness (QED) is 0.533. The molecule has 0 amide bonds. The van der Waals surface area contributed by atoms with Crippen LogP contribution in [-0.4, -0.2) is 9.97 Å². The molecule has 0 aliphatic carbocycles. The average Bonchev–Trinajstić information content (AvgIpc) is 1.64. The lowest BCUT2D eigenvalue weighted by molar-refractivity contribution is 1.04. The molecule has 0 atom stereocenters. The van der Waals surface area contributed by atoms with E-state index >= 15 is 0 Å². The molecule has 0 saturated heterocycles. The number of aryl methyl sites for hydroxylation is 1. The fourth-order valence-electron chi connectivity index (χ4n) is 0.469. The van der Waals surface area contributed by atoms with Crippen LogP contribution in [0.5, 0.6) is 0 Å². The van der Waals surface area contributed by atoms with Crippen molar-refractivity contribution in [3.8, 4) is 0 Å². The van der Waals surface area contributed by atoms with Gasteiger partial charge in [0.2, 0.25) is 0 Å². The molecule has 8 heavy (non-hydrogen) atoms. The van der Waals surface area contributed by atoms with E-state index in [1.807, 2.05) is 6.92 Å². The van der Waals surface area contributed by atoms with Crippen LogP contribution in [0.3, 0.4) is 0 Å². The molecule has 0 fully saturated rings. The topological polar surface area (TPSA) is 28.7 Å². The summed E-state index contributed by atoms with van der Waals surface area (Å²) >= 11 is 4.80. The molecule has 0 unspecified atom stereocenters. The Bertz CT molecular complexity index is 228. The van der Waals surface area contributed by atoms with Crippen LogP contribution in [0.1, 0.15) is 5.82 Å². The number of nitrogens with zero attached hydrogens (tertiary/aromatic N) is 1. The predicted octanol–water partition coefficient (Wildman–Crippen LogP) is 1.45. The first kappa shape index (κ1) is 5.44. The molecule has 0 bridgehead atoms. The number of aromatic amines is 1. The van der Waals surface area contributed by atoms with Crippen molar-refractivity contribution in [3.05, 3.63) is 22.7 Å². The molecule has 42 valence electrons. The van der Waals surface area contributed by atoms with E-state index in [2.05, 4.69) is 9.97 Å². The summed E-state index contributed by atoms with van der Waals surface area (Å²) in [5.74, 6) is 0.859. The van der Waals surface area contributed by atoms with Crippen LogP contribution in [0.25, 0.3) is 0 Å². The minimum atomic E-state index is 0.734. The monoisotopic (exact) mass is 126 g/mol. The van der Waals surface area contributed by atoms with Crippen molar-refractivity contribution < 1.29 is 0 Å². The van der Waals surface area contributed by atoms with Gasteiger partial charge in [-0.1, -0.05) is 12.2 Å². The van der Waals surface area contributed by atoms with Crippen LogP contribution in [0.2, 0.25) is 0 Å². The number of aromatic nitrogens is 2. The van der Waals surface area contributed by atoms with Crippen LogP contribution in [0.4, 0.5) is 0 Å². The van der Waals surface area contributed by atoms with Gasteiger partial charge in [0.05, 0.1) is 0 Å². The Morgan fingerprint density at radius 1 is 1.75 bits per heavy atom. The lowest BCUT2D eigenvalue weighted by atomic mass is 10.6. The predicted molar refractivity (Wildman–Crippen MR) is 34.2 cm³/mol. The largest absolute Gasteiger partial charge is 0.335 e. The van der Waals surface area contributed by atoms with Gasteiger partial charge in [0.15, 0.2) is 0 Å². The van der Waals surface area contributed by atoms with Crippen molar-refractivity contribution in [1.29, 1.82) is 0 Å². The van der Waals surface area contributed by atoms with E-state index in [1.54, 1.807) is 12.3 Å². The van der Waals surface area contributed by atoms with Crippen LogP contribution >= 0.6 is 12.2 Å². The first-order chi connectivity index (χ1) is 3.79. The number of rotatable bonds is 0. The molecule has 1 heterocycles. The lowest BCUT2D eigenvalue weighted by Gasteiger charge is -1.86. The van der Waals surface area contributed by atoms with E-state index < -0.39 is 0 Å². The molecule has 0 saturated carbocycles. The summed E-state index contributed by atoms with van der Waals surface area (Å²) in [5.41, 5.74) is 0. The summed E-state index contributed by atoms with van der Waals surface area (Å²) in [6.07, 6.45) is 1.69. The first-order valence-corrected chi connectivity index (χ1v) is 2.72. The van der Waals surface area contributed by atoms with Crippen LogP contribution in [0.15, 0.2) is 12.3 Å². The Labute approximate surface area is 52.6 Å². The SMILES string of the molecule is Cc1nccc(=S)[nH]1. The molecule has 0 aliphatic heterocycles. The van der Waals surface area contributed by atoms with Crippen molar-refractivity contribution >= 4 is 12.2 Å². The second kappa shape index (κ2) is 2.05. The van der Waals surface area contributed by atoms with Crippen LogP contribution < -0.4 is 0 Å². The summed E-state index contributed by atoms with van der Waals surface area (Å²) < 4.78 is 0.734. The van der Waals surface area contributed by atoms with Gasteiger partial charge in [0.25, 0.3) is 0 Å². The average molecular weight is 126 g/mol. The van der Waals surface area contributed by atoms with E-state index in [4.69, 9.17) is 12.2 Å². The van der Waals surface area contributed by atoms with Gasteiger partial charge in [0.1, 0.15) is 10.5 Å². The van der Waals surface area contributed by atoms with Crippen molar-refractivity contribution in [2.45, 2.75) is 6.92 Å². The van der Waals surface area contributed by atoms with Gasteiger partial charge in [-0.05, 0) is 13.0 Å². The van der Waals surface area contributed by atoms with Gasteiger partial charge in [0, 0.05) is 6.20 Å². The maximum Gasteiger partial charge on any atom is 0.106 e. The van der Waals surface area contributed by atoms with Crippen molar-refractivity contribution in [2.24, 2.45) is 0 Å². The summed E-state index contributed by atoms with van der Waals surface area (Å²) in [7, 11) is 0. The zero-order chi connectivity index (χ0) is 5.98. The highest BCUT2D eigenvalue weighted by atomic mass is 32.1. The third-order valence-electron chi connectivity index (χ3n) is 0.798. The van der Waals surface area contributed by atoms with Crippen molar-refractivity contribution in [2.75, 3.05) is 0 Å². The molecule has 0 spiro atoms. The molecule has 0 aliphatic rings. The Balaban J connectivity index is 3.28. The van der Waals surface area contributed by atoms with Gasteiger partial charge in [-0.15, -0.1) is 0 Å². The molecular weight excluding hydrogens is 120 g/mol. The van der Waals surface area contributed by atoms with E-state index in [-0.39, 0.29) is 0 Å². The van der Waals surface area contributed by atoms with Gasteiger partial charge in [-0.2, -0.15) is 0 Å². The molecule has 1 N–H and O–H groups in total. The number of hydrogen-bond acceptors (Lipinski definition) is 2. The summed E-state index contributed by atoms with van der Waals surface area (Å²) in [6, 6.07) is 1.75. The highest BCUT2D eigenvalue weighted by molar-refractivity contribution is 7.71. The molecule has 1 rings (SSSR count). The maximum absolute atomic E-state index is 4.80. The van der Waals surface area contributed by atoms with Gasteiger partial charge >= 0.3 is 0 Å². The highest BCUT2D eigenvalue weighted by Crippen LogP contribution is 1.84. The van der Waals surface area contributed by atoms with Crippen LogP contribution in [0, 0.1) is 11.6 Å². The van der Waals surface area contributed by atoms with E-state index in [1.165, 1.54) is 0 Å². The summed E-state index contributed by atoms with van der Waals surface area (Å²) in [5, 5.41) is 0. The van der Waals surface area contributed by atoms with Gasteiger partial charge in [-0.3, -0.25) is 0 Å². The van der Waals surface area contributed by atoms with Crippen LogP contribution in [-0.2, 0) is 0 Å². The third kappa shape index (κ3) is 1.13. The van der Waals surface area contributed by atoms with E-state index in [0.29, 0.717) is 0 Å². The highest BCUT2D eigenvalue weighted by Gasteiger charge is 1.77. The Morgan fingerprint density at radius 2 is 2.50 bits per heavy atom. The molecule has 0 radical (unpaired) electrons. The van der Waals surface area contributed by atoms with Gasteiger partial charge < -0.3 is 4.98 Å². The summed E-state index contributed by atoms with van der Waals surface area (Å²) in [4.78, 5) is 6.79. The van der Waals surface area contributed by atoms with E-state index in [9.17, 15) is 0 Å². The smallest absolute Gasteiger partial charge is 0.106 e. The third-order valence-corrected chi connectivity index (χ3v) is 1.04. The first-order valence-electron chi connectivity index (χ1n) is 2.31. The van der Waals surface area contributed by atoms with Crippen molar-refractivity contribution in [3.63, 3.8) is 0 Å².